The lowest BCUT2D eigenvalue weighted by molar-refractivity contribution is 0.0373. The molecule has 2 aromatic rings. The smallest absolute Gasteiger partial charge is 0.256 e. The van der Waals surface area contributed by atoms with Crippen LogP contribution in [0.5, 0.6) is 5.75 Å². The molecule has 5 nitrogen and oxygen atoms in total. The van der Waals surface area contributed by atoms with Crippen LogP contribution in [-0.4, -0.2) is 59.1 Å². The van der Waals surface area contributed by atoms with E-state index in [1.165, 1.54) is 25.8 Å². The Morgan fingerprint density at radius 2 is 2.12 bits per heavy atom. The topological polar surface area (TPSA) is 37.7 Å². The zero-order valence-electron chi connectivity index (χ0n) is 14.8. The number of aromatic nitrogens is 1. The average molecular weight is 339 g/mol. The van der Waals surface area contributed by atoms with Crippen LogP contribution >= 0.6 is 0 Å². The van der Waals surface area contributed by atoms with Gasteiger partial charge in [-0.2, -0.15) is 0 Å². The van der Waals surface area contributed by atoms with Gasteiger partial charge in [0, 0.05) is 37.3 Å². The van der Waals surface area contributed by atoms with Crippen LogP contribution in [-0.2, 0) is 0 Å². The van der Waals surface area contributed by atoms with Crippen LogP contribution in [0.2, 0.25) is 0 Å². The molecule has 0 aliphatic carbocycles. The number of carbonyl (C=O) groups excluding carboxylic acids is 1. The molecule has 3 aliphatic heterocycles. The largest absolute Gasteiger partial charge is 0.489 e. The van der Waals surface area contributed by atoms with E-state index in [4.69, 9.17) is 4.74 Å². The van der Waals surface area contributed by atoms with E-state index in [2.05, 4.69) is 33.6 Å². The van der Waals surface area contributed by atoms with Crippen LogP contribution in [0, 0.1) is 0 Å². The number of nitrogens with zero attached hydrogens (tertiary/aromatic N) is 3. The van der Waals surface area contributed by atoms with Gasteiger partial charge in [-0.3, -0.25) is 9.69 Å². The normalized spacial score (nSPS) is 26.4. The minimum atomic E-state index is 0.181. The number of fused-ring (bicyclic) bond motifs is 1. The van der Waals surface area contributed by atoms with E-state index in [0.717, 1.165) is 41.9 Å². The Morgan fingerprint density at radius 3 is 3.04 bits per heavy atom. The fourth-order valence-corrected chi connectivity index (χ4v) is 4.72. The van der Waals surface area contributed by atoms with Gasteiger partial charge in [0.2, 0.25) is 0 Å². The van der Waals surface area contributed by atoms with Crippen LogP contribution in [0.4, 0.5) is 0 Å². The molecular weight excluding hydrogens is 314 g/mol. The molecule has 2 fully saturated rings. The van der Waals surface area contributed by atoms with Crippen LogP contribution in [0.1, 0.15) is 42.6 Å². The van der Waals surface area contributed by atoms with Gasteiger partial charge in [-0.25, -0.2) is 0 Å². The van der Waals surface area contributed by atoms with Gasteiger partial charge in [0.25, 0.3) is 5.91 Å². The average Bonchev–Trinajstić information content (AvgIpc) is 3.05. The third kappa shape index (κ3) is 2.36. The first-order chi connectivity index (χ1) is 12.2. The number of carbonyl (C=O) groups is 1. The highest BCUT2D eigenvalue weighted by atomic mass is 16.5. The van der Waals surface area contributed by atoms with Crippen molar-refractivity contribution in [2.24, 2.45) is 0 Å². The molecule has 2 saturated heterocycles. The summed E-state index contributed by atoms with van der Waals surface area (Å²) in [5.41, 5.74) is 1.90. The van der Waals surface area contributed by atoms with Crippen molar-refractivity contribution in [3.8, 4) is 5.75 Å². The molecule has 5 heteroatoms. The first-order valence-electron chi connectivity index (χ1n) is 9.52. The lowest BCUT2D eigenvalue weighted by Crippen LogP contribution is -2.56. The van der Waals surface area contributed by atoms with Crippen molar-refractivity contribution in [3.63, 3.8) is 0 Å². The fraction of sp³-hybridized carbons (Fsp3) is 0.550. The van der Waals surface area contributed by atoms with Crippen LogP contribution < -0.4 is 4.74 Å². The number of benzene rings is 1. The maximum Gasteiger partial charge on any atom is 0.256 e. The third-order valence-electron chi connectivity index (χ3n) is 6.13. The zero-order chi connectivity index (χ0) is 17.0. The van der Waals surface area contributed by atoms with Crippen molar-refractivity contribution in [2.45, 2.75) is 38.3 Å². The second kappa shape index (κ2) is 5.77. The van der Waals surface area contributed by atoms with E-state index in [0.29, 0.717) is 12.6 Å². The molecule has 0 saturated carbocycles. The number of piperidine rings is 1. The van der Waals surface area contributed by atoms with Crippen molar-refractivity contribution < 1.29 is 9.53 Å². The van der Waals surface area contributed by atoms with Crippen molar-refractivity contribution >= 4 is 16.8 Å². The summed E-state index contributed by atoms with van der Waals surface area (Å²) < 4.78 is 8.09. The summed E-state index contributed by atoms with van der Waals surface area (Å²) in [4.78, 5) is 17.9. The summed E-state index contributed by atoms with van der Waals surface area (Å²) >= 11 is 0. The molecule has 1 aromatic carbocycles. The Bertz CT molecular complexity index is 828. The predicted octanol–water partition coefficient (Wildman–Crippen LogP) is 2.91. The summed E-state index contributed by atoms with van der Waals surface area (Å²) in [7, 11) is 0. The maximum atomic E-state index is 13.3. The van der Waals surface area contributed by atoms with Gasteiger partial charge in [0.05, 0.1) is 17.1 Å². The van der Waals surface area contributed by atoms with E-state index in [1.54, 1.807) is 0 Å². The number of para-hydroxylation sites is 1. The van der Waals surface area contributed by atoms with Gasteiger partial charge in [-0.05, 0) is 32.4 Å². The summed E-state index contributed by atoms with van der Waals surface area (Å²) in [5, 5.41) is 1.03. The van der Waals surface area contributed by atoms with E-state index in [9.17, 15) is 4.79 Å². The molecule has 3 aliphatic rings. The minimum absolute atomic E-state index is 0.181. The molecule has 132 valence electrons. The maximum absolute atomic E-state index is 13.3. The van der Waals surface area contributed by atoms with Crippen LogP contribution in [0.25, 0.3) is 10.9 Å². The second-order valence-electron chi connectivity index (χ2n) is 7.70. The second-order valence-corrected chi connectivity index (χ2v) is 7.70. The quantitative estimate of drug-likeness (QED) is 0.802. The predicted molar refractivity (Wildman–Crippen MR) is 97.3 cm³/mol. The number of hydrogen-bond donors (Lipinski definition) is 0. The Labute approximate surface area is 148 Å². The molecule has 0 spiro atoms. The van der Waals surface area contributed by atoms with E-state index in [1.807, 2.05) is 12.1 Å². The minimum Gasteiger partial charge on any atom is -0.489 e. The number of amides is 1. The number of rotatable bonds is 1. The van der Waals surface area contributed by atoms with Crippen molar-refractivity contribution in [1.82, 2.24) is 14.4 Å². The molecule has 1 amide bonds. The highest BCUT2D eigenvalue weighted by Gasteiger charge is 2.33. The van der Waals surface area contributed by atoms with E-state index < -0.39 is 0 Å². The van der Waals surface area contributed by atoms with Crippen molar-refractivity contribution in [2.75, 3.05) is 32.8 Å². The van der Waals surface area contributed by atoms with Gasteiger partial charge < -0.3 is 14.2 Å². The molecule has 25 heavy (non-hydrogen) atoms. The van der Waals surface area contributed by atoms with Gasteiger partial charge in [-0.15, -0.1) is 0 Å². The SMILES string of the molecule is C[C@@H]1COc2cccc3c(C(=O)N4CCN5CCCC[C@H]5C4)cn1c23. The first kappa shape index (κ1) is 15.3. The molecule has 0 radical (unpaired) electrons. The summed E-state index contributed by atoms with van der Waals surface area (Å²) in [5.74, 6) is 1.08. The molecular formula is C20H25N3O2. The number of piperazine rings is 1. The van der Waals surface area contributed by atoms with Gasteiger partial charge >= 0.3 is 0 Å². The lowest BCUT2D eigenvalue weighted by atomic mass is 9.99. The molecule has 5 rings (SSSR count). The Hall–Kier alpha value is -2.01. The lowest BCUT2D eigenvalue weighted by Gasteiger charge is -2.44. The molecule has 1 aromatic heterocycles. The number of ether oxygens (including phenoxy) is 1. The highest BCUT2D eigenvalue weighted by molar-refractivity contribution is 6.08. The van der Waals surface area contributed by atoms with Crippen LogP contribution in [0.15, 0.2) is 24.4 Å². The fourth-order valence-electron chi connectivity index (χ4n) is 4.72. The Morgan fingerprint density at radius 1 is 1.20 bits per heavy atom. The number of hydrogen-bond acceptors (Lipinski definition) is 3. The van der Waals surface area contributed by atoms with E-state index >= 15 is 0 Å². The summed E-state index contributed by atoms with van der Waals surface area (Å²) in [6.07, 6.45) is 5.87. The monoisotopic (exact) mass is 339 g/mol. The molecule has 2 atom stereocenters. The summed E-state index contributed by atoms with van der Waals surface area (Å²) in [6.45, 7) is 6.73. The van der Waals surface area contributed by atoms with Gasteiger partial charge in [0.15, 0.2) is 0 Å². The zero-order valence-corrected chi connectivity index (χ0v) is 14.8. The van der Waals surface area contributed by atoms with E-state index in [-0.39, 0.29) is 11.9 Å². The van der Waals surface area contributed by atoms with Gasteiger partial charge in [-0.1, -0.05) is 18.6 Å². The Balaban J connectivity index is 1.49. The van der Waals surface area contributed by atoms with Crippen molar-refractivity contribution in [1.29, 1.82) is 0 Å². The standard InChI is InChI=1S/C20H25N3O2/c1-14-13-25-18-7-4-6-16-17(12-23(14)19(16)18)20(24)22-10-9-21-8-3-2-5-15(21)11-22/h4,6-7,12,14-15H,2-3,5,8-11,13H2,1H3/t14-,15+/m1/s1. The molecule has 0 N–H and O–H groups in total. The first-order valence-corrected chi connectivity index (χ1v) is 9.52. The van der Waals surface area contributed by atoms with Crippen molar-refractivity contribution in [3.05, 3.63) is 30.0 Å². The third-order valence-corrected chi connectivity index (χ3v) is 6.13. The van der Waals surface area contributed by atoms with Gasteiger partial charge in [0.1, 0.15) is 12.4 Å². The molecule has 4 heterocycles. The summed E-state index contributed by atoms with van der Waals surface area (Å²) in [6, 6.07) is 6.86. The van der Waals surface area contributed by atoms with Crippen LogP contribution in [0.3, 0.4) is 0 Å². The molecule has 0 bridgehead atoms. The highest BCUT2D eigenvalue weighted by Crippen LogP contribution is 2.36. The molecule has 0 unspecified atom stereocenters. The Kier molecular flexibility index (Phi) is 3.52.